The summed E-state index contributed by atoms with van der Waals surface area (Å²) >= 11 is 6.65. The van der Waals surface area contributed by atoms with Gasteiger partial charge in [0.15, 0.2) is 0 Å². The van der Waals surface area contributed by atoms with E-state index in [9.17, 15) is 0 Å². The van der Waals surface area contributed by atoms with E-state index in [0.717, 1.165) is 23.5 Å². The lowest BCUT2D eigenvalue weighted by Crippen LogP contribution is -2.21. The molecular formula is C12H13N3S2. The van der Waals surface area contributed by atoms with Crippen LogP contribution < -0.4 is 10.6 Å². The van der Waals surface area contributed by atoms with E-state index in [1.165, 1.54) is 0 Å². The molecule has 0 amide bonds. The molecule has 0 saturated heterocycles. The van der Waals surface area contributed by atoms with Crippen molar-refractivity contribution >= 4 is 34.2 Å². The molecule has 88 valence electrons. The zero-order valence-electron chi connectivity index (χ0n) is 9.46. The molecule has 0 fully saturated rings. The number of hydrogen-bond acceptors (Lipinski definition) is 4. The zero-order valence-corrected chi connectivity index (χ0v) is 11.1. The fourth-order valence-electron chi connectivity index (χ4n) is 1.66. The van der Waals surface area contributed by atoms with Gasteiger partial charge in [0.05, 0.1) is 17.7 Å². The Labute approximate surface area is 110 Å². The van der Waals surface area contributed by atoms with Crippen molar-refractivity contribution in [2.24, 2.45) is 5.73 Å². The highest BCUT2D eigenvalue weighted by atomic mass is 32.1. The number of benzene rings is 1. The first-order valence-corrected chi connectivity index (χ1v) is 6.50. The molecule has 1 aromatic heterocycles. The number of thiazole rings is 1. The highest BCUT2D eigenvalue weighted by molar-refractivity contribution is 7.80. The predicted octanol–water partition coefficient (Wildman–Crippen LogP) is 2.41. The molecule has 2 N–H and O–H groups in total. The average molecular weight is 263 g/mol. The minimum atomic E-state index is 0.422. The lowest BCUT2D eigenvalue weighted by molar-refractivity contribution is 0.894. The van der Waals surface area contributed by atoms with Gasteiger partial charge in [0.25, 0.3) is 0 Å². The maximum atomic E-state index is 5.72. The maximum Gasteiger partial charge on any atom is 0.106 e. The largest absolute Gasteiger partial charge is 0.389 e. The van der Waals surface area contributed by atoms with Crippen molar-refractivity contribution in [2.75, 3.05) is 11.9 Å². The molecule has 0 spiro atoms. The normalized spacial score (nSPS) is 10.2. The Kier molecular flexibility index (Phi) is 3.71. The van der Waals surface area contributed by atoms with Crippen LogP contribution in [0, 0.1) is 0 Å². The molecule has 0 unspecified atom stereocenters. The van der Waals surface area contributed by atoms with Gasteiger partial charge in [-0.2, -0.15) is 0 Å². The average Bonchev–Trinajstić information content (AvgIpc) is 2.81. The SMILES string of the molecule is CN(Cc1cscn1)c1ccccc1C(N)=S. The zero-order chi connectivity index (χ0) is 12.3. The fourth-order valence-corrected chi connectivity index (χ4v) is 2.38. The summed E-state index contributed by atoms with van der Waals surface area (Å²) in [7, 11) is 2.01. The first-order chi connectivity index (χ1) is 8.18. The van der Waals surface area contributed by atoms with E-state index < -0.39 is 0 Å². The fraction of sp³-hybridized carbons (Fsp3) is 0.167. The van der Waals surface area contributed by atoms with Crippen LogP contribution in [0.5, 0.6) is 0 Å². The molecule has 0 atom stereocenters. The third kappa shape index (κ3) is 2.81. The molecule has 1 aromatic carbocycles. The highest BCUT2D eigenvalue weighted by Crippen LogP contribution is 2.20. The van der Waals surface area contributed by atoms with Gasteiger partial charge >= 0.3 is 0 Å². The van der Waals surface area contributed by atoms with Crippen LogP contribution in [0.3, 0.4) is 0 Å². The number of nitrogens with zero attached hydrogens (tertiary/aromatic N) is 2. The van der Waals surface area contributed by atoms with E-state index in [-0.39, 0.29) is 0 Å². The number of anilines is 1. The summed E-state index contributed by atoms with van der Waals surface area (Å²) in [6, 6.07) is 7.87. The Hall–Kier alpha value is -1.46. The van der Waals surface area contributed by atoms with Gasteiger partial charge in [0.2, 0.25) is 0 Å². The van der Waals surface area contributed by atoms with Gasteiger partial charge in [-0.05, 0) is 12.1 Å². The van der Waals surface area contributed by atoms with Gasteiger partial charge in [-0.25, -0.2) is 4.98 Å². The molecule has 3 nitrogen and oxygen atoms in total. The van der Waals surface area contributed by atoms with Crippen LogP contribution >= 0.6 is 23.6 Å². The number of para-hydroxylation sites is 1. The number of rotatable bonds is 4. The van der Waals surface area contributed by atoms with Crippen molar-refractivity contribution in [1.29, 1.82) is 0 Å². The topological polar surface area (TPSA) is 42.2 Å². The first kappa shape index (κ1) is 12.0. The van der Waals surface area contributed by atoms with Crippen LogP contribution in [-0.2, 0) is 6.54 Å². The van der Waals surface area contributed by atoms with Crippen molar-refractivity contribution < 1.29 is 0 Å². The molecule has 0 bridgehead atoms. The second-order valence-corrected chi connectivity index (χ2v) is 4.88. The Balaban J connectivity index is 2.24. The van der Waals surface area contributed by atoms with Gasteiger partial charge in [0.1, 0.15) is 4.99 Å². The summed E-state index contributed by atoms with van der Waals surface area (Å²) in [4.78, 5) is 6.79. The summed E-state index contributed by atoms with van der Waals surface area (Å²) < 4.78 is 0. The van der Waals surface area contributed by atoms with Crippen LogP contribution in [0.15, 0.2) is 35.2 Å². The molecule has 5 heteroatoms. The minimum Gasteiger partial charge on any atom is -0.389 e. The van der Waals surface area contributed by atoms with Crippen LogP contribution in [-0.4, -0.2) is 17.0 Å². The summed E-state index contributed by atoms with van der Waals surface area (Å²) in [6.45, 7) is 0.753. The van der Waals surface area contributed by atoms with E-state index in [2.05, 4.69) is 9.88 Å². The molecule has 2 rings (SSSR count). The van der Waals surface area contributed by atoms with Crippen LogP contribution in [0.25, 0.3) is 0 Å². The van der Waals surface area contributed by atoms with Crippen molar-refractivity contribution in [3.63, 3.8) is 0 Å². The van der Waals surface area contributed by atoms with Crippen LogP contribution in [0.2, 0.25) is 0 Å². The van der Waals surface area contributed by atoms with E-state index in [0.29, 0.717) is 4.99 Å². The molecule has 1 heterocycles. The summed E-state index contributed by atoms with van der Waals surface area (Å²) in [5.74, 6) is 0. The molecule has 2 aromatic rings. The Morgan fingerprint density at radius 1 is 1.47 bits per heavy atom. The number of hydrogen-bond donors (Lipinski definition) is 1. The molecule has 0 radical (unpaired) electrons. The van der Waals surface area contributed by atoms with Gasteiger partial charge in [-0.3, -0.25) is 0 Å². The second-order valence-electron chi connectivity index (χ2n) is 3.72. The predicted molar refractivity (Wildman–Crippen MR) is 76.6 cm³/mol. The van der Waals surface area contributed by atoms with Crippen LogP contribution in [0.4, 0.5) is 5.69 Å². The third-order valence-electron chi connectivity index (χ3n) is 2.46. The van der Waals surface area contributed by atoms with E-state index in [4.69, 9.17) is 18.0 Å². The highest BCUT2D eigenvalue weighted by Gasteiger charge is 2.09. The molecule has 0 aliphatic carbocycles. The van der Waals surface area contributed by atoms with Crippen molar-refractivity contribution in [2.45, 2.75) is 6.54 Å². The lowest BCUT2D eigenvalue weighted by Gasteiger charge is -2.21. The molecule has 0 saturated carbocycles. The number of thiocarbonyl (C=S) groups is 1. The second kappa shape index (κ2) is 5.25. The summed E-state index contributed by atoms with van der Waals surface area (Å²) in [5, 5.41) is 2.04. The van der Waals surface area contributed by atoms with Crippen LogP contribution in [0.1, 0.15) is 11.3 Å². The third-order valence-corrected chi connectivity index (χ3v) is 3.32. The van der Waals surface area contributed by atoms with Gasteiger partial charge in [0, 0.05) is 23.7 Å². The van der Waals surface area contributed by atoms with E-state index in [1.54, 1.807) is 11.3 Å². The Morgan fingerprint density at radius 3 is 2.88 bits per heavy atom. The standard InChI is InChI=1S/C12H13N3S2/c1-15(6-9-7-17-8-14-9)11-5-3-2-4-10(11)12(13)16/h2-5,7-8H,6H2,1H3,(H2,13,16). The van der Waals surface area contributed by atoms with Crippen molar-refractivity contribution in [1.82, 2.24) is 4.98 Å². The molecule has 0 aliphatic heterocycles. The summed E-state index contributed by atoms with van der Waals surface area (Å²) in [5.41, 5.74) is 10.5. The molecule has 0 aliphatic rings. The lowest BCUT2D eigenvalue weighted by atomic mass is 10.1. The molecular weight excluding hydrogens is 250 g/mol. The van der Waals surface area contributed by atoms with E-state index >= 15 is 0 Å². The van der Waals surface area contributed by atoms with Crippen molar-refractivity contribution in [3.8, 4) is 0 Å². The minimum absolute atomic E-state index is 0.422. The quantitative estimate of drug-likeness (QED) is 0.860. The molecule has 17 heavy (non-hydrogen) atoms. The van der Waals surface area contributed by atoms with Gasteiger partial charge in [-0.15, -0.1) is 11.3 Å². The first-order valence-electron chi connectivity index (χ1n) is 5.15. The van der Waals surface area contributed by atoms with Gasteiger partial charge in [-0.1, -0.05) is 24.4 Å². The number of aromatic nitrogens is 1. The van der Waals surface area contributed by atoms with E-state index in [1.807, 2.05) is 42.2 Å². The monoisotopic (exact) mass is 263 g/mol. The summed E-state index contributed by atoms with van der Waals surface area (Å²) in [6.07, 6.45) is 0. The number of nitrogens with two attached hydrogens (primary N) is 1. The maximum absolute atomic E-state index is 5.72. The Morgan fingerprint density at radius 2 is 2.24 bits per heavy atom. The van der Waals surface area contributed by atoms with Gasteiger partial charge < -0.3 is 10.6 Å². The Bertz CT molecular complexity index is 508. The van der Waals surface area contributed by atoms with Crippen molar-refractivity contribution in [3.05, 3.63) is 46.4 Å². The smallest absolute Gasteiger partial charge is 0.106 e.